The third-order valence-corrected chi connectivity index (χ3v) is 7.76. The van der Waals surface area contributed by atoms with E-state index in [-0.39, 0.29) is 19.2 Å². The van der Waals surface area contributed by atoms with Crippen LogP contribution in [0, 0.1) is 0 Å². The van der Waals surface area contributed by atoms with Gasteiger partial charge < -0.3 is 19.0 Å². The van der Waals surface area contributed by atoms with Crippen LogP contribution in [0.3, 0.4) is 0 Å². The van der Waals surface area contributed by atoms with E-state index in [2.05, 4.69) is 32.6 Å². The van der Waals surface area contributed by atoms with Gasteiger partial charge in [-0.2, -0.15) is 8.42 Å². The molecule has 0 aliphatic rings. The second-order valence-electron chi connectivity index (χ2n) is 9.78. The summed E-state index contributed by atoms with van der Waals surface area (Å²) < 4.78 is 48.6. The molecule has 0 aromatic heterocycles. The summed E-state index contributed by atoms with van der Waals surface area (Å²) in [5.74, 6) is -1.35. The number of carbonyl (C=O) groups is 1. The van der Waals surface area contributed by atoms with Gasteiger partial charge in [0.1, 0.15) is 6.54 Å². The molecule has 3 N–H and O–H groups in total. The Hall–Kier alpha value is -0.510. The second-order valence-corrected chi connectivity index (χ2v) is 13.5. The van der Waals surface area contributed by atoms with Crippen molar-refractivity contribution in [2.45, 2.75) is 103 Å². The number of unbranched alkanes of at least 4 members (excludes halogenated alkanes) is 11. The fourth-order valence-corrected chi connectivity index (χ4v) is 4.49. The minimum atomic E-state index is -4.67. The lowest BCUT2D eigenvalue weighted by Gasteiger charge is -2.21. The number of carbonyl (C=O) groups excluding carboxylic acids is 1. The van der Waals surface area contributed by atoms with Crippen LogP contribution in [0.25, 0.3) is 0 Å². The van der Waals surface area contributed by atoms with E-state index in [0.29, 0.717) is 6.42 Å². The number of quaternary nitrogens is 1. The van der Waals surface area contributed by atoms with Crippen molar-refractivity contribution >= 4 is 23.7 Å². The molecule has 0 aliphatic carbocycles. The molecule has 0 aromatic carbocycles. The Morgan fingerprint density at radius 2 is 1.29 bits per heavy atom. The molecule has 0 heterocycles. The normalized spacial score (nSPS) is 14.6. The van der Waals surface area contributed by atoms with E-state index in [1.54, 1.807) is 0 Å². The summed E-state index contributed by atoms with van der Waals surface area (Å²) in [6.07, 6.45) is 12.8. The van der Waals surface area contributed by atoms with Crippen LogP contribution >= 0.6 is 7.60 Å². The number of aliphatic hydroxyl groups excluding tert-OH is 1. The molecule has 0 fully saturated rings. The van der Waals surface area contributed by atoms with Crippen LogP contribution in [0.15, 0.2) is 0 Å². The average Bonchev–Trinajstić information content (AvgIpc) is 2.69. The zero-order chi connectivity index (χ0) is 26.7. The van der Waals surface area contributed by atoms with Gasteiger partial charge in [0.15, 0.2) is 5.25 Å². The molecular formula is C23H51NO8PS+. The predicted octanol–water partition coefficient (Wildman–Crippen LogP) is 4.77. The monoisotopic (exact) mass is 532 g/mol. The molecule has 0 bridgehead atoms. The standard InChI is InChI=1S/C18H37O7PS.C5H14NO/c1-3-5-6-7-8-9-10-11-12-13-14-15-16-17(27(22,23)24)18(19)25-26(20,21)4-2;1-6(2,3)4-5-7/h17H,3-16H2,1-2H3,(H,20,21)(H,22,23,24);7H,4-5H2,1-3H3/q;+1. The summed E-state index contributed by atoms with van der Waals surface area (Å²) in [5, 5.41) is 6.59. The van der Waals surface area contributed by atoms with Crippen LogP contribution in [0.2, 0.25) is 0 Å². The molecule has 11 heteroatoms. The maximum Gasteiger partial charge on any atom is 0.378 e. The maximum absolute atomic E-state index is 11.8. The molecule has 0 rings (SSSR count). The molecular weight excluding hydrogens is 481 g/mol. The van der Waals surface area contributed by atoms with Crippen molar-refractivity contribution in [3.8, 4) is 0 Å². The molecule has 0 aromatic rings. The number of rotatable bonds is 19. The minimum Gasteiger partial charge on any atom is -0.391 e. The Morgan fingerprint density at radius 1 is 0.882 bits per heavy atom. The molecule has 0 spiro atoms. The molecule has 0 amide bonds. The van der Waals surface area contributed by atoms with E-state index in [1.165, 1.54) is 51.9 Å². The van der Waals surface area contributed by atoms with Crippen molar-refractivity contribution in [1.29, 1.82) is 0 Å². The molecule has 2 atom stereocenters. The van der Waals surface area contributed by atoms with Gasteiger partial charge in [0.2, 0.25) is 0 Å². The van der Waals surface area contributed by atoms with E-state index in [9.17, 15) is 27.2 Å². The van der Waals surface area contributed by atoms with Gasteiger partial charge in [-0.15, -0.1) is 0 Å². The van der Waals surface area contributed by atoms with Crippen molar-refractivity contribution < 1.29 is 41.3 Å². The largest absolute Gasteiger partial charge is 0.391 e. The lowest BCUT2D eigenvalue weighted by Crippen LogP contribution is -2.36. The van der Waals surface area contributed by atoms with Crippen molar-refractivity contribution in [1.82, 2.24) is 0 Å². The SMILES string of the molecule is CCCCCCCCCCCCCCC(C(=O)OP(=O)(O)CC)S(=O)(=O)O.C[N+](C)(C)CCO. The van der Waals surface area contributed by atoms with Crippen LogP contribution in [0.4, 0.5) is 0 Å². The Labute approximate surface area is 208 Å². The summed E-state index contributed by atoms with van der Waals surface area (Å²) in [7, 11) is -2.66. The van der Waals surface area contributed by atoms with Gasteiger partial charge in [0.05, 0.1) is 33.9 Å². The van der Waals surface area contributed by atoms with Gasteiger partial charge in [-0.25, -0.2) is 4.57 Å². The maximum atomic E-state index is 11.8. The zero-order valence-electron chi connectivity index (χ0n) is 22.1. The molecule has 9 nitrogen and oxygen atoms in total. The van der Waals surface area contributed by atoms with Gasteiger partial charge in [-0.3, -0.25) is 9.35 Å². The van der Waals surface area contributed by atoms with Gasteiger partial charge in [0, 0.05) is 0 Å². The van der Waals surface area contributed by atoms with Crippen LogP contribution in [0.1, 0.15) is 97.3 Å². The first-order valence-corrected chi connectivity index (χ1v) is 15.9. The zero-order valence-corrected chi connectivity index (χ0v) is 23.8. The lowest BCUT2D eigenvalue weighted by atomic mass is 10.0. The van der Waals surface area contributed by atoms with Crippen LogP contribution in [-0.4, -0.2) is 79.1 Å². The molecule has 34 heavy (non-hydrogen) atoms. The van der Waals surface area contributed by atoms with Gasteiger partial charge >= 0.3 is 13.6 Å². The van der Waals surface area contributed by atoms with E-state index in [1.807, 2.05) is 0 Å². The molecule has 0 aliphatic heterocycles. The molecule has 2 unspecified atom stereocenters. The third kappa shape index (κ3) is 23.2. The van der Waals surface area contributed by atoms with Crippen molar-refractivity contribution in [3.05, 3.63) is 0 Å². The molecule has 206 valence electrons. The van der Waals surface area contributed by atoms with Crippen molar-refractivity contribution in [2.24, 2.45) is 0 Å². The van der Waals surface area contributed by atoms with Gasteiger partial charge in [-0.1, -0.05) is 90.9 Å². The minimum absolute atomic E-state index is 0.112. The third-order valence-electron chi connectivity index (χ3n) is 5.35. The van der Waals surface area contributed by atoms with Crippen molar-refractivity contribution in [2.75, 3.05) is 40.5 Å². The van der Waals surface area contributed by atoms with E-state index in [4.69, 9.17) is 5.11 Å². The topological polar surface area (TPSA) is 138 Å². The summed E-state index contributed by atoms with van der Waals surface area (Å²) in [5.41, 5.74) is 0. The number of hydrogen-bond acceptors (Lipinski definition) is 6. The highest BCUT2D eigenvalue weighted by molar-refractivity contribution is 7.87. The Kier molecular flexibility index (Phi) is 20.6. The van der Waals surface area contributed by atoms with E-state index in [0.717, 1.165) is 36.7 Å². The number of hydrogen-bond donors (Lipinski definition) is 3. The number of nitrogens with zero attached hydrogens (tertiary/aromatic N) is 1. The fourth-order valence-electron chi connectivity index (χ4n) is 3.12. The lowest BCUT2D eigenvalue weighted by molar-refractivity contribution is -0.870. The number of aliphatic hydroxyl groups is 1. The first kappa shape index (κ1) is 35.7. The van der Waals surface area contributed by atoms with Crippen LogP contribution in [0.5, 0.6) is 0 Å². The highest BCUT2D eigenvalue weighted by Crippen LogP contribution is 2.42. The van der Waals surface area contributed by atoms with Crippen molar-refractivity contribution in [3.63, 3.8) is 0 Å². The Morgan fingerprint density at radius 3 is 1.59 bits per heavy atom. The Bertz CT molecular complexity index is 664. The Balaban J connectivity index is 0. The number of likely N-dealkylation sites (N-methyl/N-ethyl adjacent to an activating group) is 1. The average molecular weight is 533 g/mol. The summed E-state index contributed by atoms with van der Waals surface area (Å²) >= 11 is 0. The van der Waals surface area contributed by atoms with Gasteiger partial charge in [-0.05, 0) is 6.42 Å². The predicted molar refractivity (Wildman–Crippen MR) is 137 cm³/mol. The van der Waals surface area contributed by atoms with Crippen LogP contribution < -0.4 is 0 Å². The fraction of sp³-hybridized carbons (Fsp3) is 0.957. The summed E-state index contributed by atoms with van der Waals surface area (Å²) in [6, 6.07) is 0. The second kappa shape index (κ2) is 19.7. The molecule has 0 radical (unpaired) electrons. The summed E-state index contributed by atoms with van der Waals surface area (Å²) in [4.78, 5) is 21.1. The smallest absolute Gasteiger partial charge is 0.378 e. The highest BCUT2D eigenvalue weighted by Gasteiger charge is 2.35. The molecule has 0 saturated heterocycles. The first-order chi connectivity index (χ1) is 15.7. The van der Waals surface area contributed by atoms with E-state index < -0.39 is 28.9 Å². The quantitative estimate of drug-likeness (QED) is 0.0936. The van der Waals surface area contributed by atoms with Crippen LogP contribution in [-0.2, 0) is 24.0 Å². The van der Waals surface area contributed by atoms with Gasteiger partial charge in [0.25, 0.3) is 10.1 Å². The molecule has 0 saturated carbocycles. The van der Waals surface area contributed by atoms with E-state index >= 15 is 0 Å². The first-order valence-electron chi connectivity index (χ1n) is 12.6. The summed E-state index contributed by atoms with van der Waals surface area (Å²) in [6.45, 7) is 4.67. The highest BCUT2D eigenvalue weighted by atomic mass is 32.2.